The molecular weight excluding hydrogens is 394 g/mol. The molecule has 1 aliphatic rings. The molecule has 5 nitrogen and oxygen atoms in total. The van der Waals surface area contributed by atoms with Crippen LogP contribution < -0.4 is 5.73 Å². The molecule has 1 fully saturated rings. The van der Waals surface area contributed by atoms with E-state index in [-0.39, 0.29) is 28.3 Å². The van der Waals surface area contributed by atoms with Crippen molar-refractivity contribution in [2.45, 2.75) is 24.9 Å². The van der Waals surface area contributed by atoms with Crippen LogP contribution in [0.25, 0.3) is 0 Å². The van der Waals surface area contributed by atoms with Crippen LogP contribution in [0.2, 0.25) is 10.0 Å². The van der Waals surface area contributed by atoms with Gasteiger partial charge in [-0.25, -0.2) is 0 Å². The van der Waals surface area contributed by atoms with Crippen molar-refractivity contribution in [3.8, 4) is 0 Å². The molecule has 1 amide bonds. The quantitative estimate of drug-likeness (QED) is 0.789. The SMILES string of the molecule is Nc1onc(C2CCN(C(=O)c3ccc(C(F)(F)F)c(Cl)c3)CC2)c1Cl. The van der Waals surface area contributed by atoms with Crippen LogP contribution in [0.5, 0.6) is 0 Å². The van der Waals surface area contributed by atoms with Crippen LogP contribution in [0.4, 0.5) is 19.1 Å². The average Bonchev–Trinajstić information content (AvgIpc) is 2.92. The Morgan fingerprint density at radius 3 is 2.42 bits per heavy atom. The maximum absolute atomic E-state index is 12.8. The van der Waals surface area contributed by atoms with Gasteiger partial charge in [0.15, 0.2) is 0 Å². The zero-order valence-electron chi connectivity index (χ0n) is 13.3. The molecule has 0 unspecified atom stereocenters. The molecular formula is C16H14Cl2F3N3O2. The molecule has 1 aromatic heterocycles. The van der Waals surface area contributed by atoms with Crippen molar-refractivity contribution in [1.82, 2.24) is 10.1 Å². The third kappa shape index (κ3) is 3.61. The number of piperidine rings is 1. The number of aromatic nitrogens is 1. The van der Waals surface area contributed by atoms with Crippen LogP contribution >= 0.6 is 23.2 Å². The Balaban J connectivity index is 1.69. The van der Waals surface area contributed by atoms with Crippen molar-refractivity contribution in [2.24, 2.45) is 0 Å². The molecule has 26 heavy (non-hydrogen) atoms. The van der Waals surface area contributed by atoms with Gasteiger partial charge in [0.2, 0.25) is 5.88 Å². The van der Waals surface area contributed by atoms with Crippen molar-refractivity contribution in [3.05, 3.63) is 45.1 Å². The molecule has 0 aliphatic carbocycles. The van der Waals surface area contributed by atoms with E-state index in [1.165, 1.54) is 0 Å². The molecule has 2 aromatic rings. The molecule has 2 N–H and O–H groups in total. The Labute approximate surface area is 156 Å². The molecule has 0 saturated carbocycles. The number of benzene rings is 1. The number of nitrogen functional groups attached to an aromatic ring is 1. The third-order valence-electron chi connectivity index (χ3n) is 4.37. The van der Waals surface area contributed by atoms with Crippen LogP contribution in [0.3, 0.4) is 0 Å². The van der Waals surface area contributed by atoms with Gasteiger partial charge in [-0.1, -0.05) is 28.4 Å². The zero-order chi connectivity index (χ0) is 19.1. The highest BCUT2D eigenvalue weighted by atomic mass is 35.5. The fourth-order valence-corrected chi connectivity index (χ4v) is 3.49. The monoisotopic (exact) mass is 407 g/mol. The summed E-state index contributed by atoms with van der Waals surface area (Å²) in [7, 11) is 0. The number of alkyl halides is 3. The number of likely N-dealkylation sites (tertiary alicyclic amines) is 1. The number of carbonyl (C=O) groups excluding carboxylic acids is 1. The van der Waals surface area contributed by atoms with E-state index < -0.39 is 16.8 Å². The highest BCUT2D eigenvalue weighted by Gasteiger charge is 2.34. The predicted octanol–water partition coefficient (Wildman–Crippen LogP) is 4.60. The van der Waals surface area contributed by atoms with E-state index in [1.54, 1.807) is 4.90 Å². The topological polar surface area (TPSA) is 72.4 Å². The van der Waals surface area contributed by atoms with E-state index in [2.05, 4.69) is 5.16 Å². The van der Waals surface area contributed by atoms with Gasteiger partial charge in [-0.05, 0) is 31.0 Å². The van der Waals surface area contributed by atoms with E-state index >= 15 is 0 Å². The van der Waals surface area contributed by atoms with Crippen molar-refractivity contribution >= 4 is 35.0 Å². The first-order chi connectivity index (χ1) is 12.2. The zero-order valence-corrected chi connectivity index (χ0v) is 14.8. The number of amides is 1. The number of rotatable bonds is 2. The molecule has 2 heterocycles. The van der Waals surface area contributed by atoms with Gasteiger partial charge in [0.05, 0.1) is 10.6 Å². The normalized spacial score (nSPS) is 16.1. The second-order valence-electron chi connectivity index (χ2n) is 6.00. The van der Waals surface area contributed by atoms with Crippen molar-refractivity contribution in [2.75, 3.05) is 18.8 Å². The van der Waals surface area contributed by atoms with E-state index in [4.69, 9.17) is 33.5 Å². The molecule has 10 heteroatoms. The molecule has 1 saturated heterocycles. The minimum Gasteiger partial charge on any atom is -0.366 e. The number of halogens is 5. The molecule has 1 aromatic carbocycles. The fourth-order valence-electron chi connectivity index (χ4n) is 2.98. The summed E-state index contributed by atoms with van der Waals surface area (Å²) in [4.78, 5) is 14.1. The lowest BCUT2D eigenvalue weighted by Gasteiger charge is -2.31. The van der Waals surface area contributed by atoms with Gasteiger partial charge in [0, 0.05) is 24.6 Å². The lowest BCUT2D eigenvalue weighted by Crippen LogP contribution is -2.38. The summed E-state index contributed by atoms with van der Waals surface area (Å²) in [6.45, 7) is 0.816. The minimum atomic E-state index is -4.56. The van der Waals surface area contributed by atoms with E-state index in [1.807, 2.05) is 0 Å². The molecule has 0 radical (unpaired) electrons. The van der Waals surface area contributed by atoms with Crippen LogP contribution in [0.1, 0.15) is 40.4 Å². The second kappa shape index (κ2) is 7.00. The first kappa shape index (κ1) is 18.8. The fraction of sp³-hybridized carbons (Fsp3) is 0.375. The Kier molecular flexibility index (Phi) is 5.07. The third-order valence-corrected chi connectivity index (χ3v) is 5.07. The van der Waals surface area contributed by atoms with Crippen LogP contribution in [-0.4, -0.2) is 29.1 Å². The van der Waals surface area contributed by atoms with Crippen LogP contribution in [0.15, 0.2) is 22.7 Å². The lowest BCUT2D eigenvalue weighted by atomic mass is 9.93. The molecule has 0 atom stereocenters. The Morgan fingerprint density at radius 1 is 1.27 bits per heavy atom. The number of hydrogen-bond acceptors (Lipinski definition) is 4. The Hall–Kier alpha value is -1.93. The number of hydrogen-bond donors (Lipinski definition) is 1. The number of anilines is 1. The first-order valence-corrected chi connectivity index (χ1v) is 8.50. The molecule has 0 bridgehead atoms. The van der Waals surface area contributed by atoms with Gasteiger partial charge in [0.1, 0.15) is 10.7 Å². The maximum atomic E-state index is 12.8. The Bertz CT molecular complexity index is 831. The Morgan fingerprint density at radius 2 is 1.92 bits per heavy atom. The predicted molar refractivity (Wildman–Crippen MR) is 90.3 cm³/mol. The van der Waals surface area contributed by atoms with Crippen molar-refractivity contribution in [1.29, 1.82) is 0 Å². The molecule has 3 rings (SSSR count). The summed E-state index contributed by atoms with van der Waals surface area (Å²) in [6, 6.07) is 3.01. The van der Waals surface area contributed by atoms with Crippen LogP contribution in [0, 0.1) is 0 Å². The molecule has 1 aliphatic heterocycles. The lowest BCUT2D eigenvalue weighted by molar-refractivity contribution is -0.137. The van der Waals surface area contributed by atoms with E-state index in [0.717, 1.165) is 18.2 Å². The summed E-state index contributed by atoms with van der Waals surface area (Å²) in [5.74, 6) is -0.312. The van der Waals surface area contributed by atoms with Crippen molar-refractivity contribution in [3.63, 3.8) is 0 Å². The van der Waals surface area contributed by atoms with Crippen LogP contribution in [-0.2, 0) is 6.18 Å². The van der Waals surface area contributed by atoms with Gasteiger partial charge in [-0.15, -0.1) is 0 Å². The van der Waals surface area contributed by atoms with E-state index in [9.17, 15) is 18.0 Å². The summed E-state index contributed by atoms with van der Waals surface area (Å²) in [5.41, 5.74) is 5.25. The summed E-state index contributed by atoms with van der Waals surface area (Å²) in [6.07, 6.45) is -3.38. The number of nitrogens with two attached hydrogens (primary N) is 1. The standard InChI is InChI=1S/C16H14Cl2F3N3O2/c17-11-7-9(1-2-10(11)16(19,20)21)15(25)24-5-3-8(4-6-24)13-12(18)14(22)26-23-13/h1-2,7-8H,3-6,22H2. The summed E-state index contributed by atoms with van der Waals surface area (Å²) < 4.78 is 43.1. The highest BCUT2D eigenvalue weighted by Crippen LogP contribution is 2.37. The molecule has 0 spiro atoms. The van der Waals surface area contributed by atoms with Gasteiger partial charge in [-0.2, -0.15) is 13.2 Å². The van der Waals surface area contributed by atoms with Gasteiger partial charge in [0.25, 0.3) is 5.91 Å². The maximum Gasteiger partial charge on any atom is 0.417 e. The van der Waals surface area contributed by atoms with Gasteiger partial charge >= 0.3 is 6.18 Å². The number of nitrogens with zero attached hydrogens (tertiary/aromatic N) is 2. The largest absolute Gasteiger partial charge is 0.417 e. The first-order valence-electron chi connectivity index (χ1n) is 7.75. The number of carbonyl (C=O) groups is 1. The van der Waals surface area contributed by atoms with Crippen molar-refractivity contribution < 1.29 is 22.5 Å². The molecule has 140 valence electrons. The van der Waals surface area contributed by atoms with Gasteiger partial charge < -0.3 is 15.2 Å². The van der Waals surface area contributed by atoms with E-state index in [0.29, 0.717) is 31.6 Å². The summed E-state index contributed by atoms with van der Waals surface area (Å²) in [5, 5.41) is 3.64. The van der Waals surface area contributed by atoms with Gasteiger partial charge in [-0.3, -0.25) is 4.79 Å². The second-order valence-corrected chi connectivity index (χ2v) is 6.79. The average molecular weight is 408 g/mol. The smallest absolute Gasteiger partial charge is 0.366 e. The highest BCUT2D eigenvalue weighted by molar-refractivity contribution is 6.33. The minimum absolute atomic E-state index is 0.00351. The summed E-state index contributed by atoms with van der Waals surface area (Å²) >= 11 is 11.7.